The molecule has 7 heteroatoms. The zero-order valence-corrected chi connectivity index (χ0v) is 12.2. The molecule has 1 atom stereocenters. The van der Waals surface area contributed by atoms with Crippen LogP contribution in [0.4, 0.5) is 13.2 Å². The van der Waals surface area contributed by atoms with Crippen LogP contribution in [0.5, 0.6) is 5.75 Å². The molecule has 3 nitrogen and oxygen atoms in total. The molecule has 0 radical (unpaired) electrons. The molecule has 0 aliphatic rings. The fourth-order valence-corrected chi connectivity index (χ4v) is 2.66. The quantitative estimate of drug-likeness (QED) is 0.912. The van der Waals surface area contributed by atoms with E-state index in [1.807, 2.05) is 24.3 Å². The summed E-state index contributed by atoms with van der Waals surface area (Å²) in [5, 5.41) is -0.850. The fourth-order valence-electron chi connectivity index (χ4n) is 1.85. The first kappa shape index (κ1) is 15.8. The standard InChI is InChI=1S/C14H15F3N2OS/c1-20-10-5-2-9(3-6-10)4-7-11(18)12-8-19-13(21-12)14(15,16)17/h2-3,5-6,8,11H,4,7,18H2,1H3. The fraction of sp³-hybridized carbons (Fsp3) is 0.357. The molecule has 0 saturated heterocycles. The molecule has 2 rings (SSSR count). The number of benzene rings is 1. The van der Waals surface area contributed by atoms with Crippen molar-refractivity contribution in [2.24, 2.45) is 5.73 Å². The van der Waals surface area contributed by atoms with E-state index in [2.05, 4.69) is 4.98 Å². The maximum atomic E-state index is 12.5. The van der Waals surface area contributed by atoms with Crippen molar-refractivity contribution in [2.45, 2.75) is 25.1 Å². The van der Waals surface area contributed by atoms with Crippen molar-refractivity contribution < 1.29 is 17.9 Å². The van der Waals surface area contributed by atoms with Crippen LogP contribution in [0, 0.1) is 0 Å². The van der Waals surface area contributed by atoms with E-state index >= 15 is 0 Å². The van der Waals surface area contributed by atoms with E-state index in [0.29, 0.717) is 29.1 Å². The van der Waals surface area contributed by atoms with Gasteiger partial charge in [-0.25, -0.2) is 4.98 Å². The molecule has 0 aliphatic heterocycles. The van der Waals surface area contributed by atoms with Gasteiger partial charge in [0.15, 0.2) is 5.01 Å². The van der Waals surface area contributed by atoms with Gasteiger partial charge in [0.2, 0.25) is 0 Å². The Hall–Kier alpha value is -1.60. The lowest BCUT2D eigenvalue weighted by Gasteiger charge is -2.09. The maximum Gasteiger partial charge on any atom is 0.443 e. The summed E-state index contributed by atoms with van der Waals surface area (Å²) in [7, 11) is 1.59. The monoisotopic (exact) mass is 316 g/mol. The number of thiazole rings is 1. The lowest BCUT2D eigenvalue weighted by atomic mass is 10.1. The van der Waals surface area contributed by atoms with Crippen LogP contribution in [0.1, 0.15) is 27.9 Å². The van der Waals surface area contributed by atoms with Crippen molar-refractivity contribution in [3.63, 3.8) is 0 Å². The molecule has 0 amide bonds. The topological polar surface area (TPSA) is 48.1 Å². The number of ether oxygens (including phenoxy) is 1. The number of hydrogen-bond donors (Lipinski definition) is 1. The minimum absolute atomic E-state index is 0.444. The first-order chi connectivity index (χ1) is 9.90. The molecule has 0 saturated carbocycles. The summed E-state index contributed by atoms with van der Waals surface area (Å²) in [6.45, 7) is 0. The Kier molecular flexibility index (Phi) is 4.84. The van der Waals surface area contributed by atoms with Crippen molar-refractivity contribution >= 4 is 11.3 Å². The second-order valence-corrected chi connectivity index (χ2v) is 5.62. The van der Waals surface area contributed by atoms with Crippen LogP contribution >= 0.6 is 11.3 Å². The zero-order valence-electron chi connectivity index (χ0n) is 11.4. The van der Waals surface area contributed by atoms with Crippen LogP contribution in [0.2, 0.25) is 0 Å². The molecule has 2 N–H and O–H groups in total. The normalized spacial score (nSPS) is 13.2. The van der Waals surface area contributed by atoms with Crippen LogP contribution < -0.4 is 10.5 Å². The molecule has 114 valence electrons. The number of nitrogens with zero attached hydrogens (tertiary/aromatic N) is 1. The van der Waals surface area contributed by atoms with Crippen molar-refractivity contribution in [2.75, 3.05) is 7.11 Å². The second-order valence-electron chi connectivity index (χ2n) is 4.56. The molecular weight excluding hydrogens is 301 g/mol. The number of nitrogens with two attached hydrogens (primary N) is 1. The number of alkyl halides is 3. The largest absolute Gasteiger partial charge is 0.497 e. The average molecular weight is 316 g/mol. The molecule has 0 aliphatic carbocycles. The molecule has 1 heterocycles. The molecule has 1 aromatic carbocycles. The van der Waals surface area contributed by atoms with E-state index in [1.165, 1.54) is 6.20 Å². The summed E-state index contributed by atoms with van der Waals surface area (Å²) in [6.07, 6.45) is -1.94. The van der Waals surface area contributed by atoms with Crippen LogP contribution in [0.3, 0.4) is 0 Å². The van der Waals surface area contributed by atoms with Gasteiger partial charge in [-0.2, -0.15) is 13.2 Å². The van der Waals surface area contributed by atoms with Gasteiger partial charge < -0.3 is 10.5 Å². The van der Waals surface area contributed by atoms with Crippen LogP contribution in [0.15, 0.2) is 30.5 Å². The SMILES string of the molecule is COc1ccc(CCC(N)c2cnc(C(F)(F)F)s2)cc1. The van der Waals surface area contributed by atoms with E-state index in [-0.39, 0.29) is 0 Å². The van der Waals surface area contributed by atoms with Gasteiger partial charge in [0, 0.05) is 17.1 Å². The van der Waals surface area contributed by atoms with Gasteiger partial charge in [0.25, 0.3) is 0 Å². The summed E-state index contributed by atoms with van der Waals surface area (Å²) in [5.74, 6) is 0.764. The lowest BCUT2D eigenvalue weighted by Crippen LogP contribution is -2.09. The van der Waals surface area contributed by atoms with Crippen molar-refractivity contribution in [1.82, 2.24) is 4.98 Å². The van der Waals surface area contributed by atoms with Crippen LogP contribution in [-0.4, -0.2) is 12.1 Å². The summed E-state index contributed by atoms with van der Waals surface area (Å²) in [4.78, 5) is 3.84. The number of aryl methyl sites for hydroxylation is 1. The maximum absolute atomic E-state index is 12.5. The smallest absolute Gasteiger partial charge is 0.443 e. The van der Waals surface area contributed by atoms with E-state index in [9.17, 15) is 13.2 Å². The number of halogens is 3. The molecule has 1 unspecified atom stereocenters. The number of hydrogen-bond acceptors (Lipinski definition) is 4. The Morgan fingerprint density at radius 3 is 2.48 bits per heavy atom. The molecule has 0 spiro atoms. The van der Waals surface area contributed by atoms with Crippen molar-refractivity contribution in [1.29, 1.82) is 0 Å². The first-order valence-corrected chi connectivity index (χ1v) is 7.13. The Morgan fingerprint density at radius 2 is 1.95 bits per heavy atom. The van der Waals surface area contributed by atoms with Crippen molar-refractivity contribution in [3.8, 4) is 5.75 Å². The highest BCUT2D eigenvalue weighted by Gasteiger charge is 2.34. The first-order valence-electron chi connectivity index (χ1n) is 6.31. The van der Waals surface area contributed by atoms with Gasteiger partial charge in [-0.3, -0.25) is 0 Å². The Bertz CT molecular complexity index is 581. The predicted octanol–water partition coefficient (Wildman–Crippen LogP) is 3.80. The van der Waals surface area contributed by atoms with Gasteiger partial charge in [0.1, 0.15) is 5.75 Å². The summed E-state index contributed by atoms with van der Waals surface area (Å²) < 4.78 is 42.5. The minimum Gasteiger partial charge on any atom is -0.497 e. The summed E-state index contributed by atoms with van der Waals surface area (Å²) in [5.41, 5.74) is 7.00. The number of aromatic nitrogens is 1. The highest BCUT2D eigenvalue weighted by molar-refractivity contribution is 7.11. The third kappa shape index (κ3) is 4.18. The van der Waals surface area contributed by atoms with E-state index in [0.717, 1.165) is 11.3 Å². The molecule has 0 fully saturated rings. The third-order valence-corrected chi connectivity index (χ3v) is 4.21. The van der Waals surface area contributed by atoms with Gasteiger partial charge in [-0.05, 0) is 30.5 Å². The van der Waals surface area contributed by atoms with Gasteiger partial charge >= 0.3 is 6.18 Å². The Morgan fingerprint density at radius 1 is 1.29 bits per heavy atom. The predicted molar refractivity (Wildman–Crippen MR) is 75.4 cm³/mol. The van der Waals surface area contributed by atoms with Gasteiger partial charge in [0.05, 0.1) is 7.11 Å². The minimum atomic E-state index is -4.40. The molecular formula is C14H15F3N2OS. The Labute approximate surface area is 124 Å². The zero-order chi connectivity index (χ0) is 15.5. The van der Waals surface area contributed by atoms with Gasteiger partial charge in [-0.1, -0.05) is 12.1 Å². The third-order valence-electron chi connectivity index (χ3n) is 3.03. The molecule has 21 heavy (non-hydrogen) atoms. The lowest BCUT2D eigenvalue weighted by molar-refractivity contribution is -0.137. The second kappa shape index (κ2) is 6.44. The number of methoxy groups -OCH3 is 1. The number of rotatable bonds is 5. The van der Waals surface area contributed by atoms with Crippen LogP contribution in [0.25, 0.3) is 0 Å². The molecule has 2 aromatic rings. The Balaban J connectivity index is 1.94. The highest BCUT2D eigenvalue weighted by Crippen LogP contribution is 2.34. The van der Waals surface area contributed by atoms with E-state index in [4.69, 9.17) is 10.5 Å². The molecule has 1 aromatic heterocycles. The molecule has 0 bridgehead atoms. The van der Waals surface area contributed by atoms with Gasteiger partial charge in [-0.15, -0.1) is 11.3 Å². The van der Waals surface area contributed by atoms with Crippen molar-refractivity contribution in [3.05, 3.63) is 45.9 Å². The summed E-state index contributed by atoms with van der Waals surface area (Å²) >= 11 is 0.608. The highest BCUT2D eigenvalue weighted by atomic mass is 32.1. The van der Waals surface area contributed by atoms with Crippen LogP contribution in [-0.2, 0) is 12.6 Å². The summed E-state index contributed by atoms with van der Waals surface area (Å²) in [6, 6.07) is 7.07. The van der Waals surface area contributed by atoms with E-state index in [1.54, 1.807) is 7.11 Å². The average Bonchev–Trinajstić information content (AvgIpc) is 2.95. The van der Waals surface area contributed by atoms with E-state index < -0.39 is 17.2 Å².